The van der Waals surface area contributed by atoms with E-state index in [0.29, 0.717) is 18.6 Å². The van der Waals surface area contributed by atoms with E-state index < -0.39 is 0 Å². The molecule has 0 bridgehead atoms. The fourth-order valence-electron chi connectivity index (χ4n) is 1.41. The molecule has 0 amide bonds. The summed E-state index contributed by atoms with van der Waals surface area (Å²) in [5.41, 5.74) is 0.290. The van der Waals surface area contributed by atoms with Crippen LogP contribution in [-0.4, -0.2) is 11.5 Å². The van der Waals surface area contributed by atoms with Gasteiger partial charge < -0.3 is 5.41 Å². The number of unbranched alkanes of at least 4 members (excludes halogenated alkanes) is 5. The molecule has 0 aromatic heterocycles. The van der Waals surface area contributed by atoms with Crippen molar-refractivity contribution in [3.8, 4) is 0 Å². The Balaban J connectivity index is 3.27. The second-order valence-electron chi connectivity index (χ2n) is 3.77. The van der Waals surface area contributed by atoms with E-state index in [0.717, 1.165) is 12.8 Å². The van der Waals surface area contributed by atoms with Crippen molar-refractivity contribution >= 4 is 11.5 Å². The summed E-state index contributed by atoms with van der Waals surface area (Å²) in [6.07, 6.45) is 8.36. The zero-order chi connectivity index (χ0) is 10.8. The molecule has 0 saturated heterocycles. The predicted octanol–water partition coefficient (Wildman–Crippen LogP) is 3.74. The molecule has 0 aliphatic carbocycles. The fourth-order valence-corrected chi connectivity index (χ4v) is 1.41. The third-order valence-electron chi connectivity index (χ3n) is 2.45. The van der Waals surface area contributed by atoms with Crippen molar-refractivity contribution in [2.24, 2.45) is 0 Å². The zero-order valence-electron chi connectivity index (χ0n) is 9.57. The molecule has 0 fully saturated rings. The molecule has 2 heteroatoms. The molecule has 0 radical (unpaired) electrons. The maximum atomic E-state index is 11.2. The lowest BCUT2D eigenvalue weighted by atomic mass is 10.0. The van der Waals surface area contributed by atoms with Crippen molar-refractivity contribution in [2.75, 3.05) is 0 Å². The molecule has 0 aliphatic rings. The quantitative estimate of drug-likeness (QED) is 0.444. The van der Waals surface area contributed by atoms with Crippen LogP contribution >= 0.6 is 0 Å². The van der Waals surface area contributed by atoms with Gasteiger partial charge >= 0.3 is 0 Å². The molecule has 0 aliphatic heterocycles. The molecule has 0 saturated carbocycles. The van der Waals surface area contributed by atoms with Gasteiger partial charge in [-0.2, -0.15) is 0 Å². The summed E-state index contributed by atoms with van der Waals surface area (Å²) >= 11 is 0. The molecular weight excluding hydrogens is 174 g/mol. The van der Waals surface area contributed by atoms with Crippen LogP contribution in [0.1, 0.15) is 65.2 Å². The molecule has 0 aromatic carbocycles. The summed E-state index contributed by atoms with van der Waals surface area (Å²) in [6.45, 7) is 4.06. The fraction of sp³-hybridized carbons (Fsp3) is 0.833. The van der Waals surface area contributed by atoms with Crippen LogP contribution in [0.15, 0.2) is 0 Å². The molecule has 0 heterocycles. The number of hydrogen-bond acceptors (Lipinski definition) is 2. The minimum absolute atomic E-state index is 0.0444. The Bertz CT molecular complexity index is 175. The Hall–Kier alpha value is -0.660. The third-order valence-corrected chi connectivity index (χ3v) is 2.45. The molecule has 0 spiro atoms. The smallest absolute Gasteiger partial charge is 0.176 e. The van der Waals surface area contributed by atoms with E-state index in [-0.39, 0.29) is 5.78 Å². The minimum Gasteiger partial charge on any atom is -0.302 e. The molecule has 0 rings (SSSR count). The number of carbonyl (C=O) groups is 1. The van der Waals surface area contributed by atoms with Crippen molar-refractivity contribution in [1.82, 2.24) is 0 Å². The molecule has 2 nitrogen and oxygen atoms in total. The number of ketones is 1. The molecule has 0 atom stereocenters. The SMILES string of the molecule is CCCCCCCCC(=O)C(=N)CC. The lowest BCUT2D eigenvalue weighted by molar-refractivity contribution is -0.113. The van der Waals surface area contributed by atoms with Gasteiger partial charge in [-0.15, -0.1) is 0 Å². The van der Waals surface area contributed by atoms with Crippen LogP contribution in [0, 0.1) is 5.41 Å². The first-order valence-electron chi connectivity index (χ1n) is 5.83. The van der Waals surface area contributed by atoms with Gasteiger partial charge in [0.25, 0.3) is 0 Å². The Morgan fingerprint density at radius 1 is 1.00 bits per heavy atom. The summed E-state index contributed by atoms with van der Waals surface area (Å²) in [6, 6.07) is 0. The largest absolute Gasteiger partial charge is 0.302 e. The van der Waals surface area contributed by atoms with Gasteiger partial charge in [0.1, 0.15) is 0 Å². The van der Waals surface area contributed by atoms with E-state index in [1.165, 1.54) is 25.7 Å². The summed E-state index contributed by atoms with van der Waals surface area (Å²) in [5.74, 6) is 0.0444. The highest BCUT2D eigenvalue weighted by molar-refractivity contribution is 6.38. The first kappa shape index (κ1) is 13.3. The van der Waals surface area contributed by atoms with Crippen LogP contribution < -0.4 is 0 Å². The van der Waals surface area contributed by atoms with Crippen molar-refractivity contribution in [2.45, 2.75) is 65.2 Å². The van der Waals surface area contributed by atoms with E-state index in [9.17, 15) is 4.79 Å². The predicted molar refractivity (Wildman–Crippen MR) is 61.0 cm³/mol. The average Bonchev–Trinajstić information content (AvgIpc) is 2.21. The number of rotatable bonds is 9. The van der Waals surface area contributed by atoms with Crippen molar-refractivity contribution in [3.63, 3.8) is 0 Å². The summed E-state index contributed by atoms with van der Waals surface area (Å²) in [7, 11) is 0. The van der Waals surface area contributed by atoms with Crippen LogP contribution in [0.5, 0.6) is 0 Å². The standard InChI is InChI=1S/C12H23NO/c1-3-5-6-7-8-9-10-12(14)11(13)4-2/h13H,3-10H2,1-2H3. The van der Waals surface area contributed by atoms with Gasteiger partial charge in [-0.1, -0.05) is 46.0 Å². The van der Waals surface area contributed by atoms with E-state index in [4.69, 9.17) is 5.41 Å². The highest BCUT2D eigenvalue weighted by atomic mass is 16.1. The average molecular weight is 197 g/mol. The normalized spacial score (nSPS) is 10.1. The zero-order valence-corrected chi connectivity index (χ0v) is 9.57. The summed E-state index contributed by atoms with van der Waals surface area (Å²) < 4.78 is 0. The Labute approximate surface area is 87.6 Å². The monoisotopic (exact) mass is 197 g/mol. The molecule has 14 heavy (non-hydrogen) atoms. The van der Waals surface area contributed by atoms with Gasteiger partial charge in [-0.05, 0) is 12.8 Å². The molecule has 0 aromatic rings. The highest BCUT2D eigenvalue weighted by Gasteiger charge is 2.05. The van der Waals surface area contributed by atoms with E-state index >= 15 is 0 Å². The van der Waals surface area contributed by atoms with Crippen LogP contribution in [0.4, 0.5) is 0 Å². The van der Waals surface area contributed by atoms with Crippen molar-refractivity contribution in [1.29, 1.82) is 5.41 Å². The Kier molecular flexibility index (Phi) is 8.50. The third kappa shape index (κ3) is 6.81. The van der Waals surface area contributed by atoms with E-state index in [1.807, 2.05) is 6.92 Å². The van der Waals surface area contributed by atoms with Crippen molar-refractivity contribution in [3.05, 3.63) is 0 Å². The van der Waals surface area contributed by atoms with Gasteiger partial charge in [-0.25, -0.2) is 0 Å². The summed E-state index contributed by atoms with van der Waals surface area (Å²) in [4.78, 5) is 11.2. The molecule has 0 unspecified atom stereocenters. The van der Waals surface area contributed by atoms with Crippen LogP contribution in [0.25, 0.3) is 0 Å². The lowest BCUT2D eigenvalue weighted by Gasteiger charge is -2.00. The Morgan fingerprint density at radius 2 is 1.57 bits per heavy atom. The van der Waals surface area contributed by atoms with Crippen LogP contribution in [0.2, 0.25) is 0 Å². The molecule has 1 N–H and O–H groups in total. The second kappa shape index (κ2) is 8.92. The second-order valence-corrected chi connectivity index (χ2v) is 3.77. The van der Waals surface area contributed by atoms with Crippen LogP contribution in [0.3, 0.4) is 0 Å². The maximum Gasteiger partial charge on any atom is 0.176 e. The summed E-state index contributed by atoms with van der Waals surface area (Å²) in [5, 5.41) is 7.34. The van der Waals surface area contributed by atoms with Gasteiger partial charge in [0.05, 0.1) is 5.71 Å². The lowest BCUT2D eigenvalue weighted by Crippen LogP contribution is -2.10. The number of hydrogen-bond donors (Lipinski definition) is 1. The first-order chi connectivity index (χ1) is 6.72. The maximum absolute atomic E-state index is 11.2. The number of nitrogens with one attached hydrogen (secondary N) is 1. The van der Waals surface area contributed by atoms with Crippen LogP contribution in [-0.2, 0) is 4.79 Å². The van der Waals surface area contributed by atoms with Gasteiger partial charge in [0, 0.05) is 6.42 Å². The van der Waals surface area contributed by atoms with Gasteiger partial charge in [-0.3, -0.25) is 4.79 Å². The molecule has 82 valence electrons. The Morgan fingerprint density at radius 3 is 2.14 bits per heavy atom. The highest BCUT2D eigenvalue weighted by Crippen LogP contribution is 2.07. The van der Waals surface area contributed by atoms with E-state index in [2.05, 4.69) is 6.92 Å². The minimum atomic E-state index is 0.0444. The van der Waals surface area contributed by atoms with Gasteiger partial charge in [0.2, 0.25) is 0 Å². The van der Waals surface area contributed by atoms with Crippen molar-refractivity contribution < 1.29 is 4.79 Å². The topological polar surface area (TPSA) is 40.9 Å². The van der Waals surface area contributed by atoms with Gasteiger partial charge in [0.15, 0.2) is 5.78 Å². The van der Waals surface area contributed by atoms with E-state index in [1.54, 1.807) is 0 Å². The number of Topliss-reactive ketones (excluding diaryl/α,β-unsaturated/α-hetero) is 1. The molecular formula is C12H23NO. The first-order valence-corrected chi connectivity index (χ1v) is 5.83. The number of carbonyl (C=O) groups excluding carboxylic acids is 1.